The quantitative estimate of drug-likeness (QED) is 0.917. The molecule has 0 aliphatic rings. The normalized spacial score (nSPS) is 11.9. The van der Waals surface area contributed by atoms with Crippen LogP contribution in [-0.2, 0) is 17.9 Å². The Balaban J connectivity index is 2.30. The highest BCUT2D eigenvalue weighted by molar-refractivity contribution is 7.15. The summed E-state index contributed by atoms with van der Waals surface area (Å²) in [6, 6.07) is 2.02. The molecule has 114 valence electrons. The molecule has 0 aromatic carbocycles. The van der Waals surface area contributed by atoms with Crippen molar-refractivity contribution in [2.75, 3.05) is 7.11 Å². The fourth-order valence-electron chi connectivity index (χ4n) is 1.94. The molecular formula is C16H23N3OS. The highest BCUT2D eigenvalue weighted by Crippen LogP contribution is 2.30. The van der Waals surface area contributed by atoms with E-state index in [4.69, 9.17) is 9.72 Å². The van der Waals surface area contributed by atoms with E-state index in [0.717, 1.165) is 28.4 Å². The van der Waals surface area contributed by atoms with Gasteiger partial charge in [0.05, 0.1) is 12.3 Å². The number of ether oxygens (including phenoxy) is 1. The maximum atomic E-state index is 5.28. The zero-order valence-corrected chi connectivity index (χ0v) is 14.2. The van der Waals surface area contributed by atoms with Crippen molar-refractivity contribution in [1.82, 2.24) is 15.3 Å². The van der Waals surface area contributed by atoms with Crippen molar-refractivity contribution in [1.29, 1.82) is 0 Å². The number of thiazole rings is 1. The molecule has 0 saturated carbocycles. The molecule has 5 heteroatoms. The van der Waals surface area contributed by atoms with Crippen molar-refractivity contribution in [3.05, 3.63) is 34.6 Å². The van der Waals surface area contributed by atoms with Crippen LogP contribution in [0.3, 0.4) is 0 Å². The number of rotatable bonds is 5. The van der Waals surface area contributed by atoms with Crippen LogP contribution in [0.5, 0.6) is 0 Å². The molecule has 2 aromatic heterocycles. The van der Waals surface area contributed by atoms with E-state index in [1.54, 1.807) is 18.4 Å². The van der Waals surface area contributed by atoms with Crippen LogP contribution in [0.1, 0.15) is 36.9 Å². The largest absolute Gasteiger partial charge is 0.378 e. The molecule has 0 atom stereocenters. The van der Waals surface area contributed by atoms with Gasteiger partial charge >= 0.3 is 0 Å². The first kappa shape index (κ1) is 16.1. The first-order chi connectivity index (χ1) is 9.90. The van der Waals surface area contributed by atoms with Crippen LogP contribution in [0, 0.1) is 6.92 Å². The Hall–Kier alpha value is -1.30. The van der Waals surface area contributed by atoms with Crippen molar-refractivity contribution in [3.8, 4) is 10.6 Å². The Morgan fingerprint density at radius 2 is 2.10 bits per heavy atom. The SMILES string of the molecule is COCc1nc(-c2ccncc2C)sc1CNC(C)(C)C. The maximum Gasteiger partial charge on any atom is 0.124 e. The van der Waals surface area contributed by atoms with E-state index in [2.05, 4.69) is 38.0 Å². The van der Waals surface area contributed by atoms with Crippen LogP contribution in [-0.4, -0.2) is 22.6 Å². The first-order valence-electron chi connectivity index (χ1n) is 7.04. The summed E-state index contributed by atoms with van der Waals surface area (Å²) in [5, 5.41) is 4.55. The molecule has 0 unspecified atom stereocenters. The first-order valence-corrected chi connectivity index (χ1v) is 7.86. The van der Waals surface area contributed by atoms with Crippen molar-refractivity contribution < 1.29 is 4.74 Å². The zero-order chi connectivity index (χ0) is 15.5. The van der Waals surface area contributed by atoms with Crippen LogP contribution >= 0.6 is 11.3 Å². The molecule has 0 amide bonds. The van der Waals surface area contributed by atoms with Crippen molar-refractivity contribution in [2.24, 2.45) is 0 Å². The van der Waals surface area contributed by atoms with E-state index in [9.17, 15) is 0 Å². The van der Waals surface area contributed by atoms with Crippen LogP contribution in [0.15, 0.2) is 18.5 Å². The summed E-state index contributed by atoms with van der Waals surface area (Å²) in [4.78, 5) is 10.1. The lowest BCUT2D eigenvalue weighted by atomic mass is 10.1. The van der Waals surface area contributed by atoms with Gasteiger partial charge in [0.25, 0.3) is 0 Å². The number of methoxy groups -OCH3 is 1. The van der Waals surface area contributed by atoms with Crippen LogP contribution in [0.4, 0.5) is 0 Å². The van der Waals surface area contributed by atoms with E-state index >= 15 is 0 Å². The smallest absolute Gasteiger partial charge is 0.124 e. The van der Waals surface area contributed by atoms with E-state index in [0.29, 0.717) is 6.61 Å². The maximum absolute atomic E-state index is 5.28. The third kappa shape index (κ3) is 4.33. The lowest BCUT2D eigenvalue weighted by Gasteiger charge is -2.20. The van der Waals surface area contributed by atoms with Crippen molar-refractivity contribution >= 4 is 11.3 Å². The van der Waals surface area contributed by atoms with Gasteiger partial charge in [-0.05, 0) is 39.3 Å². The fraction of sp³-hybridized carbons (Fsp3) is 0.500. The monoisotopic (exact) mass is 305 g/mol. The van der Waals surface area contributed by atoms with Crippen LogP contribution in [0.2, 0.25) is 0 Å². The van der Waals surface area contributed by atoms with Gasteiger partial charge < -0.3 is 10.1 Å². The number of aryl methyl sites for hydroxylation is 1. The number of aromatic nitrogens is 2. The molecule has 2 heterocycles. The Morgan fingerprint density at radius 3 is 2.71 bits per heavy atom. The highest BCUT2D eigenvalue weighted by Gasteiger charge is 2.16. The van der Waals surface area contributed by atoms with E-state index in [1.165, 1.54) is 4.88 Å². The van der Waals surface area contributed by atoms with Gasteiger partial charge in [0.1, 0.15) is 5.01 Å². The summed E-state index contributed by atoms with van der Waals surface area (Å²) in [5.74, 6) is 0. The average molecular weight is 305 g/mol. The lowest BCUT2D eigenvalue weighted by Crippen LogP contribution is -2.35. The third-order valence-electron chi connectivity index (χ3n) is 3.09. The minimum absolute atomic E-state index is 0.0844. The Bertz CT molecular complexity index is 602. The second kappa shape index (κ2) is 6.64. The second-order valence-corrected chi connectivity index (χ2v) is 7.20. The van der Waals surface area contributed by atoms with Gasteiger partial charge in [-0.25, -0.2) is 4.98 Å². The predicted octanol–water partition coefficient (Wildman–Crippen LogP) is 3.55. The molecule has 0 saturated heterocycles. The molecule has 2 rings (SSSR count). The standard InChI is InChI=1S/C16H23N3OS/c1-11-8-17-7-6-12(11)15-19-13(10-20-5)14(21-15)9-18-16(2,3)4/h6-8,18H,9-10H2,1-5H3. The number of nitrogens with one attached hydrogen (secondary N) is 1. The zero-order valence-electron chi connectivity index (χ0n) is 13.4. The number of pyridine rings is 1. The van der Waals surface area contributed by atoms with Crippen LogP contribution in [0.25, 0.3) is 10.6 Å². The lowest BCUT2D eigenvalue weighted by molar-refractivity contribution is 0.181. The Kier molecular flexibility index (Phi) is 5.08. The Labute approximate surface area is 130 Å². The van der Waals surface area contributed by atoms with Gasteiger partial charge in [0, 0.05) is 42.0 Å². The highest BCUT2D eigenvalue weighted by atomic mass is 32.1. The van der Waals surface area contributed by atoms with Gasteiger partial charge in [0.15, 0.2) is 0 Å². The predicted molar refractivity (Wildman–Crippen MR) is 87.4 cm³/mol. The van der Waals surface area contributed by atoms with Crippen LogP contribution < -0.4 is 5.32 Å². The molecule has 0 aliphatic heterocycles. The second-order valence-electron chi connectivity index (χ2n) is 6.12. The van der Waals surface area contributed by atoms with Gasteiger partial charge in [-0.15, -0.1) is 11.3 Å². The van der Waals surface area contributed by atoms with Crippen molar-refractivity contribution in [2.45, 2.75) is 46.4 Å². The molecule has 0 radical (unpaired) electrons. The molecule has 4 nitrogen and oxygen atoms in total. The molecular weight excluding hydrogens is 282 g/mol. The summed E-state index contributed by atoms with van der Waals surface area (Å²) >= 11 is 1.73. The summed E-state index contributed by atoms with van der Waals surface area (Å²) in [6.45, 7) is 9.91. The van der Waals surface area contributed by atoms with Gasteiger partial charge in [-0.1, -0.05) is 0 Å². The molecule has 21 heavy (non-hydrogen) atoms. The third-order valence-corrected chi connectivity index (χ3v) is 4.22. The summed E-state index contributed by atoms with van der Waals surface area (Å²) < 4.78 is 5.28. The Morgan fingerprint density at radius 1 is 1.33 bits per heavy atom. The minimum atomic E-state index is 0.0844. The molecule has 2 aromatic rings. The minimum Gasteiger partial charge on any atom is -0.378 e. The molecule has 0 bridgehead atoms. The number of hydrogen-bond donors (Lipinski definition) is 1. The number of nitrogens with zero attached hydrogens (tertiary/aromatic N) is 2. The summed E-state index contributed by atoms with van der Waals surface area (Å²) in [7, 11) is 1.71. The molecule has 1 N–H and O–H groups in total. The molecule has 0 aliphatic carbocycles. The van der Waals surface area contributed by atoms with E-state index in [-0.39, 0.29) is 5.54 Å². The van der Waals surface area contributed by atoms with Crippen molar-refractivity contribution in [3.63, 3.8) is 0 Å². The topological polar surface area (TPSA) is 47.0 Å². The summed E-state index contributed by atoms with van der Waals surface area (Å²) in [5.41, 5.74) is 3.39. The average Bonchev–Trinajstić information content (AvgIpc) is 2.80. The number of hydrogen-bond acceptors (Lipinski definition) is 5. The van der Waals surface area contributed by atoms with E-state index in [1.807, 2.05) is 18.5 Å². The summed E-state index contributed by atoms with van der Waals surface area (Å²) in [6.07, 6.45) is 3.69. The van der Waals surface area contributed by atoms with Gasteiger partial charge in [-0.2, -0.15) is 0 Å². The molecule has 0 spiro atoms. The molecule has 0 fully saturated rings. The fourth-order valence-corrected chi connectivity index (χ4v) is 3.04. The van der Waals surface area contributed by atoms with E-state index < -0.39 is 0 Å². The van der Waals surface area contributed by atoms with Gasteiger partial charge in [0.2, 0.25) is 0 Å². The van der Waals surface area contributed by atoms with Gasteiger partial charge in [-0.3, -0.25) is 4.98 Å².